The van der Waals surface area contributed by atoms with Crippen molar-refractivity contribution in [2.24, 2.45) is 0 Å². The molecule has 0 spiro atoms. The predicted molar refractivity (Wildman–Crippen MR) is 111 cm³/mol. The van der Waals surface area contributed by atoms with Crippen molar-refractivity contribution < 1.29 is 9.59 Å². The lowest BCUT2D eigenvalue weighted by Crippen LogP contribution is -2.25. The number of hydrogen-bond donors (Lipinski definition) is 2. The fraction of sp³-hybridized carbons (Fsp3) is 0.300. The fourth-order valence-electron chi connectivity index (χ4n) is 2.39. The number of benzene rings is 2. The highest BCUT2D eigenvalue weighted by Gasteiger charge is 2.08. The molecule has 0 unspecified atom stereocenters. The molecule has 2 aromatic rings. The Morgan fingerprint density at radius 2 is 1.85 bits per heavy atom. The van der Waals surface area contributed by atoms with Gasteiger partial charge in [0.1, 0.15) is 0 Å². The third-order valence-corrected chi connectivity index (χ3v) is 5.84. The van der Waals surface area contributed by atoms with Crippen LogP contribution in [0.15, 0.2) is 45.8 Å². The van der Waals surface area contributed by atoms with Crippen molar-refractivity contribution >= 4 is 39.5 Å². The van der Waals surface area contributed by atoms with Crippen molar-refractivity contribution in [2.75, 3.05) is 12.3 Å². The quantitative estimate of drug-likeness (QED) is 0.641. The van der Waals surface area contributed by atoms with E-state index in [-0.39, 0.29) is 11.8 Å². The van der Waals surface area contributed by atoms with Gasteiger partial charge in [-0.15, -0.1) is 11.8 Å². The van der Waals surface area contributed by atoms with Gasteiger partial charge in [0.05, 0.1) is 5.75 Å². The van der Waals surface area contributed by atoms with Crippen molar-refractivity contribution in [3.63, 3.8) is 0 Å². The Morgan fingerprint density at radius 3 is 2.58 bits per heavy atom. The Kier molecular flexibility index (Phi) is 7.72. The second kappa shape index (κ2) is 9.78. The van der Waals surface area contributed by atoms with Gasteiger partial charge in [-0.2, -0.15) is 0 Å². The van der Waals surface area contributed by atoms with Crippen LogP contribution in [-0.4, -0.2) is 24.1 Å². The Labute approximate surface area is 167 Å². The molecule has 2 N–H and O–H groups in total. The second-order valence-electron chi connectivity index (χ2n) is 5.99. The monoisotopic (exact) mass is 434 g/mol. The minimum Gasteiger partial charge on any atom is -0.352 e. The number of carbonyl (C=O) groups excluding carboxylic acids is 2. The molecule has 2 rings (SSSR count). The van der Waals surface area contributed by atoms with Gasteiger partial charge in [0.2, 0.25) is 5.91 Å². The zero-order valence-electron chi connectivity index (χ0n) is 15.2. The van der Waals surface area contributed by atoms with Crippen LogP contribution in [0.4, 0.5) is 0 Å². The molecule has 0 radical (unpaired) electrons. The van der Waals surface area contributed by atoms with Gasteiger partial charge in [-0.05, 0) is 61.7 Å². The van der Waals surface area contributed by atoms with Crippen LogP contribution in [-0.2, 0) is 11.3 Å². The van der Waals surface area contributed by atoms with Gasteiger partial charge in [-0.3, -0.25) is 9.59 Å². The summed E-state index contributed by atoms with van der Waals surface area (Å²) in [7, 11) is 0. The average molecular weight is 435 g/mol. The summed E-state index contributed by atoms with van der Waals surface area (Å²) in [5, 5.41) is 5.69. The normalized spacial score (nSPS) is 10.5. The zero-order valence-corrected chi connectivity index (χ0v) is 17.6. The third-order valence-electron chi connectivity index (χ3n) is 3.83. The maximum atomic E-state index is 12.2. The summed E-state index contributed by atoms with van der Waals surface area (Å²) < 4.78 is 1.08. The molecule has 0 saturated carbocycles. The number of nitrogens with one attached hydrogen (secondary N) is 2. The molecule has 0 fully saturated rings. The first-order chi connectivity index (χ1) is 12.4. The number of halogens is 1. The standard InChI is InChI=1S/C20H23BrN2O2S/c1-4-22-20(25)16-7-5-6-15(10-16)11-23-19(24)12-26-18-9-13(2)17(21)8-14(18)3/h5-10H,4,11-12H2,1-3H3,(H,22,25)(H,23,24). The van der Waals surface area contributed by atoms with Crippen LogP contribution in [0.2, 0.25) is 0 Å². The van der Waals surface area contributed by atoms with E-state index in [1.807, 2.05) is 32.9 Å². The lowest BCUT2D eigenvalue weighted by atomic mass is 10.1. The minimum atomic E-state index is -0.0997. The number of rotatable bonds is 7. The molecule has 26 heavy (non-hydrogen) atoms. The highest BCUT2D eigenvalue weighted by Crippen LogP contribution is 2.28. The SMILES string of the molecule is CCNC(=O)c1cccc(CNC(=O)CSc2cc(C)c(Br)cc2C)c1. The van der Waals surface area contributed by atoms with Crippen molar-refractivity contribution in [3.8, 4) is 0 Å². The van der Waals surface area contributed by atoms with Gasteiger partial charge in [0.25, 0.3) is 5.91 Å². The van der Waals surface area contributed by atoms with Crippen molar-refractivity contribution in [2.45, 2.75) is 32.2 Å². The summed E-state index contributed by atoms with van der Waals surface area (Å²) in [6.45, 7) is 6.96. The molecule has 0 atom stereocenters. The summed E-state index contributed by atoms with van der Waals surface area (Å²) in [6.07, 6.45) is 0. The number of aryl methyl sites for hydroxylation is 2. The van der Waals surface area contributed by atoms with E-state index in [0.29, 0.717) is 24.4 Å². The molecule has 0 saturated heterocycles. The Bertz CT molecular complexity index is 808. The van der Waals surface area contributed by atoms with Gasteiger partial charge < -0.3 is 10.6 Å². The number of amides is 2. The molecule has 2 aromatic carbocycles. The molecule has 0 aliphatic rings. The van der Waals surface area contributed by atoms with E-state index in [4.69, 9.17) is 0 Å². The lowest BCUT2D eigenvalue weighted by Gasteiger charge is -2.10. The summed E-state index contributed by atoms with van der Waals surface area (Å²) in [5.41, 5.74) is 3.81. The first kappa shape index (κ1) is 20.5. The predicted octanol–water partition coefficient (Wildman–Crippen LogP) is 4.22. The van der Waals surface area contributed by atoms with Gasteiger partial charge in [-0.1, -0.05) is 28.1 Å². The van der Waals surface area contributed by atoms with Gasteiger partial charge in [-0.25, -0.2) is 0 Å². The summed E-state index contributed by atoms with van der Waals surface area (Å²) in [4.78, 5) is 25.1. The topological polar surface area (TPSA) is 58.2 Å². The second-order valence-corrected chi connectivity index (χ2v) is 7.86. The van der Waals surface area contributed by atoms with Crippen molar-refractivity contribution in [3.05, 3.63) is 63.1 Å². The van der Waals surface area contributed by atoms with Gasteiger partial charge in [0.15, 0.2) is 0 Å². The molecule has 6 heteroatoms. The highest BCUT2D eigenvalue weighted by atomic mass is 79.9. The molecule has 0 aromatic heterocycles. The first-order valence-corrected chi connectivity index (χ1v) is 10.2. The number of carbonyl (C=O) groups is 2. The Morgan fingerprint density at radius 1 is 1.08 bits per heavy atom. The van der Waals surface area contributed by atoms with Crippen LogP contribution >= 0.6 is 27.7 Å². The van der Waals surface area contributed by atoms with Crippen LogP contribution in [0.1, 0.15) is 34.0 Å². The lowest BCUT2D eigenvalue weighted by molar-refractivity contribution is -0.118. The van der Waals surface area contributed by atoms with Crippen LogP contribution < -0.4 is 10.6 Å². The molecule has 0 aliphatic heterocycles. The fourth-order valence-corrected chi connectivity index (χ4v) is 3.78. The molecule has 138 valence electrons. The smallest absolute Gasteiger partial charge is 0.251 e. The molecule has 0 bridgehead atoms. The molecule has 2 amide bonds. The van der Waals surface area contributed by atoms with Crippen LogP contribution in [0.3, 0.4) is 0 Å². The van der Waals surface area contributed by atoms with Crippen molar-refractivity contribution in [1.82, 2.24) is 10.6 Å². The maximum absolute atomic E-state index is 12.2. The van der Waals surface area contributed by atoms with E-state index in [2.05, 4.69) is 38.7 Å². The largest absolute Gasteiger partial charge is 0.352 e. The van der Waals surface area contributed by atoms with E-state index in [9.17, 15) is 9.59 Å². The maximum Gasteiger partial charge on any atom is 0.251 e. The van der Waals surface area contributed by atoms with Gasteiger partial charge in [0, 0.05) is 28.0 Å². The van der Waals surface area contributed by atoms with E-state index in [0.717, 1.165) is 26.1 Å². The van der Waals surface area contributed by atoms with E-state index in [1.54, 1.807) is 12.1 Å². The van der Waals surface area contributed by atoms with Crippen LogP contribution in [0.25, 0.3) is 0 Å². The van der Waals surface area contributed by atoms with E-state index in [1.165, 1.54) is 11.8 Å². The zero-order chi connectivity index (χ0) is 19.1. The Balaban J connectivity index is 1.88. The minimum absolute atomic E-state index is 0.0293. The number of hydrogen-bond acceptors (Lipinski definition) is 3. The summed E-state index contributed by atoms with van der Waals surface area (Å²) in [5.74, 6) is 0.230. The molecule has 0 heterocycles. The average Bonchev–Trinajstić information content (AvgIpc) is 2.62. The van der Waals surface area contributed by atoms with E-state index >= 15 is 0 Å². The molecular weight excluding hydrogens is 412 g/mol. The van der Waals surface area contributed by atoms with Gasteiger partial charge >= 0.3 is 0 Å². The molecular formula is C20H23BrN2O2S. The van der Waals surface area contributed by atoms with Crippen LogP contribution in [0.5, 0.6) is 0 Å². The molecule has 0 aliphatic carbocycles. The molecule has 4 nitrogen and oxygen atoms in total. The summed E-state index contributed by atoms with van der Waals surface area (Å²) in [6, 6.07) is 11.5. The highest BCUT2D eigenvalue weighted by molar-refractivity contribution is 9.10. The number of thioether (sulfide) groups is 1. The van der Waals surface area contributed by atoms with Crippen LogP contribution in [0, 0.1) is 13.8 Å². The van der Waals surface area contributed by atoms with Crippen molar-refractivity contribution in [1.29, 1.82) is 0 Å². The van der Waals surface area contributed by atoms with E-state index < -0.39 is 0 Å². The Hall–Kier alpha value is -1.79. The summed E-state index contributed by atoms with van der Waals surface area (Å²) >= 11 is 5.05. The third kappa shape index (κ3) is 5.88. The first-order valence-electron chi connectivity index (χ1n) is 8.44.